The van der Waals surface area contributed by atoms with Crippen molar-refractivity contribution in [3.8, 4) is 12.0 Å². The van der Waals surface area contributed by atoms with Gasteiger partial charge in [-0.15, -0.1) is 5.26 Å². The Morgan fingerprint density at radius 3 is 1.45 bits per heavy atom. The van der Waals surface area contributed by atoms with Crippen LogP contribution in [-0.2, 0) is 27.1 Å². The van der Waals surface area contributed by atoms with Crippen LogP contribution in [0.4, 0.5) is 26.7 Å². The third-order valence-corrected chi connectivity index (χ3v) is 5.96. The Morgan fingerprint density at radius 1 is 0.643 bits per heavy atom. The molecule has 210 valence electrons. The van der Waals surface area contributed by atoms with Gasteiger partial charge in [-0.3, -0.25) is 10.6 Å². The standard InChI is InChI=1S/C32H26N4O6/c33-21-42-30-15-7-26(8-16-30)20-25-5-13-29(14-6-25)36-32(39)41-18-17-40-31(38)35-28-11-3-24(4-12-28)19-23-1-9-27(10-2-23)34-22-37/h1-16H,17-20H2,(H,35,38)(H,36,39). The zero-order valence-corrected chi connectivity index (χ0v) is 22.4. The molecule has 0 bridgehead atoms. The fraction of sp³-hybridized carbons (Fsp3) is 0.125. The van der Waals surface area contributed by atoms with Crippen LogP contribution in [0, 0.1) is 11.5 Å². The third-order valence-electron chi connectivity index (χ3n) is 5.96. The summed E-state index contributed by atoms with van der Waals surface area (Å²) in [4.78, 5) is 38.0. The summed E-state index contributed by atoms with van der Waals surface area (Å²) in [6, 6.07) is 29.1. The number of nitrogens with one attached hydrogen (secondary N) is 2. The largest absolute Gasteiger partial charge is 0.446 e. The average molecular weight is 563 g/mol. The van der Waals surface area contributed by atoms with Gasteiger partial charge in [0.2, 0.25) is 6.08 Å². The lowest BCUT2D eigenvalue weighted by Gasteiger charge is -2.10. The maximum absolute atomic E-state index is 12.1. The van der Waals surface area contributed by atoms with Crippen molar-refractivity contribution in [1.29, 1.82) is 5.26 Å². The monoisotopic (exact) mass is 562 g/mol. The van der Waals surface area contributed by atoms with Crippen molar-refractivity contribution in [2.24, 2.45) is 4.99 Å². The van der Waals surface area contributed by atoms with Crippen molar-refractivity contribution in [3.63, 3.8) is 0 Å². The maximum atomic E-state index is 12.1. The Balaban J connectivity index is 1.12. The van der Waals surface area contributed by atoms with Crippen molar-refractivity contribution in [2.45, 2.75) is 12.8 Å². The summed E-state index contributed by atoms with van der Waals surface area (Å²) in [5, 5.41) is 13.8. The number of nitrogens with zero attached hydrogens (tertiary/aromatic N) is 2. The van der Waals surface area contributed by atoms with Crippen LogP contribution in [0.1, 0.15) is 22.3 Å². The average Bonchev–Trinajstić information content (AvgIpc) is 3.00. The molecule has 0 aliphatic heterocycles. The summed E-state index contributed by atoms with van der Waals surface area (Å²) in [6.45, 7) is -0.225. The highest BCUT2D eigenvalue weighted by molar-refractivity contribution is 5.85. The molecule has 0 aromatic heterocycles. The first kappa shape index (κ1) is 29.1. The first-order chi connectivity index (χ1) is 20.5. The number of carbonyl (C=O) groups is 2. The van der Waals surface area contributed by atoms with Crippen molar-refractivity contribution in [1.82, 2.24) is 0 Å². The molecular weight excluding hydrogens is 536 g/mol. The van der Waals surface area contributed by atoms with E-state index in [2.05, 4.69) is 15.6 Å². The fourth-order valence-corrected chi connectivity index (χ4v) is 3.93. The second-order valence-electron chi connectivity index (χ2n) is 8.98. The number of carbonyl (C=O) groups excluding carboxylic acids is 3. The molecule has 0 heterocycles. The number of isocyanates is 1. The second kappa shape index (κ2) is 15.0. The van der Waals surface area contributed by atoms with Gasteiger partial charge in [0, 0.05) is 11.4 Å². The van der Waals surface area contributed by atoms with Crippen molar-refractivity contribution in [2.75, 3.05) is 23.8 Å². The molecule has 4 aromatic carbocycles. The Kier molecular flexibility index (Phi) is 10.4. The Bertz CT molecular complexity index is 1570. The van der Waals surface area contributed by atoms with Crippen molar-refractivity contribution < 1.29 is 28.6 Å². The van der Waals surface area contributed by atoms with Gasteiger partial charge in [0.05, 0.1) is 5.69 Å². The van der Waals surface area contributed by atoms with Gasteiger partial charge in [0.15, 0.2) is 0 Å². The molecule has 2 amide bonds. The number of benzene rings is 4. The minimum atomic E-state index is -0.666. The van der Waals surface area contributed by atoms with E-state index >= 15 is 0 Å². The minimum absolute atomic E-state index is 0.112. The van der Waals surface area contributed by atoms with E-state index < -0.39 is 12.2 Å². The number of hydrogen-bond acceptors (Lipinski definition) is 8. The predicted molar refractivity (Wildman–Crippen MR) is 155 cm³/mol. The molecule has 0 fully saturated rings. The van der Waals surface area contributed by atoms with Crippen LogP contribution in [0.2, 0.25) is 0 Å². The number of aliphatic imine (C=N–C) groups is 1. The molecule has 4 aromatic rings. The van der Waals surface area contributed by atoms with E-state index in [1.54, 1.807) is 54.8 Å². The SMILES string of the molecule is N#COc1ccc(Cc2ccc(NC(=O)OCCOC(=O)Nc3ccc(Cc4ccc(N=C=O)cc4)cc3)cc2)cc1. The summed E-state index contributed by atoms with van der Waals surface area (Å²) in [5.74, 6) is 0.486. The Labute approximate surface area is 242 Å². The molecular formula is C32H26N4O6. The number of anilines is 2. The smallest absolute Gasteiger partial charge is 0.411 e. The lowest BCUT2D eigenvalue weighted by molar-refractivity contribution is 0.110. The van der Waals surface area contributed by atoms with E-state index in [9.17, 15) is 14.4 Å². The summed E-state index contributed by atoms with van der Waals surface area (Å²) >= 11 is 0. The zero-order valence-electron chi connectivity index (χ0n) is 22.4. The van der Waals surface area contributed by atoms with Crippen LogP contribution in [0.5, 0.6) is 5.75 Å². The number of hydrogen-bond donors (Lipinski definition) is 2. The van der Waals surface area contributed by atoms with Crippen LogP contribution < -0.4 is 15.4 Å². The molecule has 10 nitrogen and oxygen atoms in total. The van der Waals surface area contributed by atoms with Crippen LogP contribution in [0.3, 0.4) is 0 Å². The van der Waals surface area contributed by atoms with E-state index in [4.69, 9.17) is 19.5 Å². The molecule has 2 N–H and O–H groups in total. The first-order valence-electron chi connectivity index (χ1n) is 12.9. The third kappa shape index (κ3) is 9.38. The molecule has 0 aliphatic rings. The summed E-state index contributed by atoms with van der Waals surface area (Å²) in [7, 11) is 0. The van der Waals surface area contributed by atoms with E-state index in [1.807, 2.05) is 48.5 Å². The van der Waals surface area contributed by atoms with Gasteiger partial charge in [-0.05, 0) is 83.6 Å². The first-order valence-corrected chi connectivity index (χ1v) is 12.9. The normalized spacial score (nSPS) is 9.98. The van der Waals surface area contributed by atoms with Gasteiger partial charge in [-0.2, -0.15) is 4.99 Å². The summed E-state index contributed by atoms with van der Waals surface area (Å²) in [6.07, 6.45) is 3.17. The molecule has 0 saturated heterocycles. The highest BCUT2D eigenvalue weighted by Crippen LogP contribution is 2.18. The summed E-state index contributed by atoms with van der Waals surface area (Å²) < 4.78 is 14.9. The Hall–Kier alpha value is -5.91. The van der Waals surface area contributed by atoms with Crippen LogP contribution in [0.25, 0.3) is 0 Å². The van der Waals surface area contributed by atoms with E-state index in [0.717, 1.165) is 22.3 Å². The van der Waals surface area contributed by atoms with Gasteiger partial charge in [-0.25, -0.2) is 14.4 Å². The molecule has 4 rings (SSSR count). The van der Waals surface area contributed by atoms with Crippen LogP contribution in [0.15, 0.2) is 102 Å². The fourth-order valence-electron chi connectivity index (χ4n) is 3.93. The number of amides is 2. The van der Waals surface area contributed by atoms with Gasteiger partial charge >= 0.3 is 12.2 Å². The molecule has 0 unspecified atom stereocenters. The van der Waals surface area contributed by atoms with Crippen molar-refractivity contribution >= 4 is 35.3 Å². The lowest BCUT2D eigenvalue weighted by atomic mass is 10.0. The lowest BCUT2D eigenvalue weighted by Crippen LogP contribution is -2.20. The van der Waals surface area contributed by atoms with Gasteiger partial charge in [0.1, 0.15) is 19.0 Å². The predicted octanol–water partition coefficient (Wildman–Crippen LogP) is 6.49. The Morgan fingerprint density at radius 2 is 1.05 bits per heavy atom. The minimum Gasteiger partial charge on any atom is -0.446 e. The molecule has 0 radical (unpaired) electrons. The maximum Gasteiger partial charge on any atom is 0.411 e. The molecule has 0 saturated carbocycles. The molecule has 10 heteroatoms. The number of rotatable bonds is 11. The second-order valence-corrected chi connectivity index (χ2v) is 8.98. The van der Waals surface area contributed by atoms with Gasteiger partial charge in [0.25, 0.3) is 6.26 Å². The van der Waals surface area contributed by atoms with Crippen LogP contribution in [-0.4, -0.2) is 31.5 Å². The molecule has 0 atom stereocenters. The van der Waals surface area contributed by atoms with E-state index in [1.165, 1.54) is 6.08 Å². The topological polar surface area (TPSA) is 139 Å². The van der Waals surface area contributed by atoms with E-state index in [0.29, 0.717) is 35.7 Å². The van der Waals surface area contributed by atoms with Gasteiger partial charge in [-0.1, -0.05) is 48.5 Å². The summed E-state index contributed by atoms with van der Waals surface area (Å²) in [5.41, 5.74) is 5.84. The van der Waals surface area contributed by atoms with Crippen LogP contribution >= 0.6 is 0 Å². The molecule has 42 heavy (non-hydrogen) atoms. The van der Waals surface area contributed by atoms with Crippen molar-refractivity contribution in [3.05, 3.63) is 119 Å². The van der Waals surface area contributed by atoms with E-state index in [-0.39, 0.29) is 13.2 Å². The number of nitriles is 1. The van der Waals surface area contributed by atoms with Gasteiger partial charge < -0.3 is 14.2 Å². The molecule has 0 spiro atoms. The quantitative estimate of drug-likeness (QED) is 0.0921. The molecule has 0 aliphatic carbocycles. The highest BCUT2D eigenvalue weighted by atomic mass is 16.6. The number of ether oxygens (including phenoxy) is 3. The highest BCUT2D eigenvalue weighted by Gasteiger charge is 2.07. The zero-order chi connectivity index (χ0) is 29.6.